The molecule has 0 spiro atoms. The number of nitrogen functional groups attached to an aromatic ring is 1. The van der Waals surface area contributed by atoms with E-state index in [0.29, 0.717) is 48.8 Å². The largest absolute Gasteiger partial charge is 0.383 e. The summed E-state index contributed by atoms with van der Waals surface area (Å²) in [6, 6.07) is 12.8. The minimum Gasteiger partial charge on any atom is -0.383 e. The van der Waals surface area contributed by atoms with Crippen molar-refractivity contribution < 1.29 is 14.3 Å². The first kappa shape index (κ1) is 21.1. The van der Waals surface area contributed by atoms with Crippen molar-refractivity contribution in [1.29, 1.82) is 0 Å². The number of ether oxygens (including phenoxy) is 1. The molecule has 4 N–H and O–H groups in total. The molecule has 1 aliphatic heterocycles. The first-order chi connectivity index (χ1) is 17.0. The number of aryl methyl sites for hydroxylation is 1. The highest BCUT2D eigenvalue weighted by molar-refractivity contribution is 6.13. The lowest BCUT2D eigenvalue weighted by atomic mass is 10.1. The highest BCUT2D eigenvalue weighted by Gasteiger charge is 2.22. The molecule has 0 aliphatic carbocycles. The van der Waals surface area contributed by atoms with Crippen LogP contribution in [0.3, 0.4) is 0 Å². The smallest absolute Gasteiger partial charge is 0.254 e. The number of rotatable bonds is 4. The summed E-state index contributed by atoms with van der Waals surface area (Å²) in [5.74, 6) is 0.736. The van der Waals surface area contributed by atoms with Crippen LogP contribution in [0.1, 0.15) is 32.2 Å². The summed E-state index contributed by atoms with van der Waals surface area (Å²) in [5.41, 5.74) is 10.8. The Balaban J connectivity index is 1.29. The summed E-state index contributed by atoms with van der Waals surface area (Å²) in [5, 5.41) is 5.12. The van der Waals surface area contributed by atoms with Crippen LogP contribution < -0.4 is 5.73 Å². The van der Waals surface area contributed by atoms with Gasteiger partial charge >= 0.3 is 0 Å². The van der Waals surface area contributed by atoms with Crippen molar-refractivity contribution in [1.82, 2.24) is 29.6 Å². The Morgan fingerprint density at radius 3 is 2.66 bits per heavy atom. The van der Waals surface area contributed by atoms with E-state index in [-0.39, 0.29) is 17.5 Å². The third kappa shape index (κ3) is 3.64. The molecule has 0 radical (unpaired) electrons. The minimum atomic E-state index is -0.275. The molecular formula is C25H23N7O3. The average molecular weight is 470 g/mol. The second-order valence-electron chi connectivity index (χ2n) is 8.60. The molecule has 4 heterocycles. The molecule has 1 fully saturated rings. The van der Waals surface area contributed by atoms with Crippen LogP contribution >= 0.6 is 0 Å². The molecule has 5 aromatic rings. The molecule has 1 amide bonds. The van der Waals surface area contributed by atoms with Crippen molar-refractivity contribution in [2.75, 3.05) is 32.0 Å². The van der Waals surface area contributed by atoms with Gasteiger partial charge in [-0.1, -0.05) is 0 Å². The monoisotopic (exact) mass is 469 g/mol. The molecule has 10 nitrogen and oxygen atoms in total. The lowest BCUT2D eigenvalue weighted by molar-refractivity contribution is 0.0303. The highest BCUT2D eigenvalue weighted by atomic mass is 16.5. The standard InChI is InChI=1S/C25H23N7O3/c1-14-28-20-5-3-17(12-21(20)29-14)32-24(26)18(13-27-32)23(33)22-11-16-10-15(2-4-19(16)30-22)25(34)31-6-8-35-9-7-31/h2-5,10-13,30H,6-9,26H2,1H3,(H,28,29). The fourth-order valence-corrected chi connectivity index (χ4v) is 4.47. The SMILES string of the molecule is Cc1nc2cc(-n3ncc(C(=O)c4cc5cc(C(=O)N6CCOCC6)ccc5[nH]4)c3N)ccc2[nH]1. The van der Waals surface area contributed by atoms with Crippen LogP contribution in [0.25, 0.3) is 27.6 Å². The molecule has 10 heteroatoms. The Morgan fingerprint density at radius 1 is 1.03 bits per heavy atom. The van der Waals surface area contributed by atoms with E-state index in [9.17, 15) is 9.59 Å². The number of benzene rings is 2. The van der Waals surface area contributed by atoms with E-state index in [4.69, 9.17) is 10.5 Å². The third-order valence-corrected chi connectivity index (χ3v) is 6.29. The van der Waals surface area contributed by atoms with Crippen molar-refractivity contribution in [2.24, 2.45) is 0 Å². The van der Waals surface area contributed by atoms with Crippen LogP contribution in [0, 0.1) is 6.92 Å². The van der Waals surface area contributed by atoms with Crippen LogP contribution in [0.15, 0.2) is 48.7 Å². The molecule has 35 heavy (non-hydrogen) atoms. The summed E-state index contributed by atoms with van der Waals surface area (Å²) >= 11 is 0. The van der Waals surface area contributed by atoms with E-state index in [1.807, 2.05) is 31.2 Å². The molecular weight excluding hydrogens is 446 g/mol. The zero-order valence-electron chi connectivity index (χ0n) is 19.0. The van der Waals surface area contributed by atoms with E-state index >= 15 is 0 Å². The number of imidazole rings is 1. The highest BCUT2D eigenvalue weighted by Crippen LogP contribution is 2.25. The Hall–Kier alpha value is -4.44. The number of morpholine rings is 1. The van der Waals surface area contributed by atoms with Crippen molar-refractivity contribution in [3.8, 4) is 5.69 Å². The van der Waals surface area contributed by atoms with Gasteiger partial charge in [0.15, 0.2) is 0 Å². The minimum absolute atomic E-state index is 0.0427. The number of nitrogens with two attached hydrogens (primary N) is 1. The van der Waals surface area contributed by atoms with E-state index in [1.54, 1.807) is 23.1 Å². The predicted molar refractivity (Wildman–Crippen MR) is 131 cm³/mol. The first-order valence-electron chi connectivity index (χ1n) is 11.3. The fourth-order valence-electron chi connectivity index (χ4n) is 4.47. The molecule has 0 atom stereocenters. The maximum atomic E-state index is 13.3. The molecule has 0 bridgehead atoms. The number of fused-ring (bicyclic) bond motifs is 2. The molecule has 176 valence electrons. The lowest BCUT2D eigenvalue weighted by Gasteiger charge is -2.26. The number of hydrogen-bond donors (Lipinski definition) is 3. The number of nitrogens with zero attached hydrogens (tertiary/aromatic N) is 4. The van der Waals surface area contributed by atoms with Crippen LogP contribution in [-0.2, 0) is 4.74 Å². The molecule has 3 aromatic heterocycles. The van der Waals surface area contributed by atoms with Crippen molar-refractivity contribution in [3.63, 3.8) is 0 Å². The van der Waals surface area contributed by atoms with Crippen molar-refractivity contribution in [3.05, 3.63) is 71.3 Å². The summed E-state index contributed by atoms with van der Waals surface area (Å²) in [7, 11) is 0. The summed E-state index contributed by atoms with van der Waals surface area (Å²) in [4.78, 5) is 38.7. The van der Waals surface area contributed by atoms with Crippen LogP contribution in [0.4, 0.5) is 5.82 Å². The number of nitrogens with one attached hydrogen (secondary N) is 2. The molecule has 1 aliphatic rings. The first-order valence-corrected chi connectivity index (χ1v) is 11.3. The zero-order valence-corrected chi connectivity index (χ0v) is 19.0. The van der Waals surface area contributed by atoms with Gasteiger partial charge in [0.2, 0.25) is 5.78 Å². The molecule has 2 aromatic carbocycles. The topological polar surface area (TPSA) is 135 Å². The van der Waals surface area contributed by atoms with Gasteiger partial charge in [0, 0.05) is 29.6 Å². The van der Waals surface area contributed by atoms with Crippen LogP contribution in [0.2, 0.25) is 0 Å². The van der Waals surface area contributed by atoms with Gasteiger partial charge in [-0.3, -0.25) is 9.59 Å². The summed E-state index contributed by atoms with van der Waals surface area (Å²) in [6.07, 6.45) is 1.47. The number of aromatic amines is 2. The van der Waals surface area contributed by atoms with Crippen molar-refractivity contribution in [2.45, 2.75) is 6.92 Å². The molecule has 6 rings (SSSR count). The van der Waals surface area contributed by atoms with Gasteiger partial charge in [0.25, 0.3) is 5.91 Å². The summed E-state index contributed by atoms with van der Waals surface area (Å²) < 4.78 is 6.86. The number of ketones is 1. The van der Waals surface area contributed by atoms with Gasteiger partial charge in [-0.15, -0.1) is 0 Å². The maximum absolute atomic E-state index is 13.3. The number of carbonyl (C=O) groups excluding carboxylic acids is 2. The normalized spacial score (nSPS) is 14.1. The third-order valence-electron chi connectivity index (χ3n) is 6.29. The number of H-pyrrole nitrogens is 2. The number of aromatic nitrogens is 5. The predicted octanol–water partition coefficient (Wildman–Crippen LogP) is 2.82. The van der Waals surface area contributed by atoms with Gasteiger partial charge in [-0.05, 0) is 49.4 Å². The second kappa shape index (κ2) is 8.10. The average Bonchev–Trinajstić information content (AvgIpc) is 3.58. The molecule has 0 saturated carbocycles. The Labute approximate surface area is 199 Å². The van der Waals surface area contributed by atoms with E-state index in [1.165, 1.54) is 10.9 Å². The van der Waals surface area contributed by atoms with E-state index in [2.05, 4.69) is 20.1 Å². The zero-order chi connectivity index (χ0) is 24.1. The Kier molecular flexibility index (Phi) is 4.89. The van der Waals surface area contributed by atoms with Gasteiger partial charge in [-0.2, -0.15) is 5.10 Å². The number of carbonyl (C=O) groups is 2. The van der Waals surface area contributed by atoms with E-state index < -0.39 is 0 Å². The molecule has 0 unspecified atom stereocenters. The molecule has 1 saturated heterocycles. The Bertz CT molecular complexity index is 1600. The van der Waals surface area contributed by atoms with Gasteiger partial charge < -0.3 is 25.3 Å². The lowest BCUT2D eigenvalue weighted by Crippen LogP contribution is -2.40. The van der Waals surface area contributed by atoms with Gasteiger partial charge in [0.1, 0.15) is 11.6 Å². The van der Waals surface area contributed by atoms with E-state index in [0.717, 1.165) is 27.8 Å². The van der Waals surface area contributed by atoms with Crippen LogP contribution in [0.5, 0.6) is 0 Å². The second-order valence-corrected chi connectivity index (χ2v) is 8.60. The Morgan fingerprint density at radius 2 is 1.83 bits per heavy atom. The number of anilines is 1. The summed E-state index contributed by atoms with van der Waals surface area (Å²) in [6.45, 7) is 4.12. The maximum Gasteiger partial charge on any atom is 0.254 e. The quantitative estimate of drug-likeness (QED) is 0.347. The number of hydrogen-bond acceptors (Lipinski definition) is 6. The van der Waals surface area contributed by atoms with Crippen LogP contribution in [-0.4, -0.2) is 67.6 Å². The van der Waals surface area contributed by atoms with Crippen molar-refractivity contribution >= 4 is 39.4 Å². The fraction of sp³-hybridized carbons (Fsp3) is 0.200. The van der Waals surface area contributed by atoms with Gasteiger partial charge in [-0.25, -0.2) is 9.67 Å². The van der Waals surface area contributed by atoms with Gasteiger partial charge in [0.05, 0.1) is 47.4 Å². The number of amides is 1.